The number of halogens is 1. The van der Waals surface area contributed by atoms with E-state index in [0.29, 0.717) is 5.02 Å². The lowest BCUT2D eigenvalue weighted by Crippen LogP contribution is -2.36. The number of carbonyl (C=O) groups excluding carboxylic acids is 1. The van der Waals surface area contributed by atoms with Crippen molar-refractivity contribution in [3.05, 3.63) is 28.8 Å². The van der Waals surface area contributed by atoms with Crippen molar-refractivity contribution in [2.45, 2.75) is 20.0 Å². The molecular weight excluding hydrogens is 252 g/mol. The SMILES string of the molecule is CCCN(CC(=O)NC)c1cc(Cl)ccc1CO. The maximum Gasteiger partial charge on any atom is 0.239 e. The Balaban J connectivity index is 3.03. The zero-order chi connectivity index (χ0) is 13.5. The highest BCUT2D eigenvalue weighted by Gasteiger charge is 2.13. The van der Waals surface area contributed by atoms with Crippen LogP contribution in [0.4, 0.5) is 5.69 Å². The third kappa shape index (κ3) is 3.89. The summed E-state index contributed by atoms with van der Waals surface area (Å²) in [5, 5.41) is 12.5. The molecule has 0 unspecified atom stereocenters. The van der Waals surface area contributed by atoms with E-state index >= 15 is 0 Å². The van der Waals surface area contributed by atoms with Crippen LogP contribution in [-0.2, 0) is 11.4 Å². The number of hydrogen-bond donors (Lipinski definition) is 2. The van der Waals surface area contributed by atoms with Crippen molar-refractivity contribution < 1.29 is 9.90 Å². The molecule has 0 aliphatic rings. The number of hydrogen-bond acceptors (Lipinski definition) is 3. The Bertz CT molecular complexity index is 410. The molecule has 0 aliphatic heterocycles. The summed E-state index contributed by atoms with van der Waals surface area (Å²) in [5.74, 6) is -0.0627. The number of benzene rings is 1. The second-order valence-electron chi connectivity index (χ2n) is 4.03. The van der Waals surface area contributed by atoms with Crippen LogP contribution >= 0.6 is 11.6 Å². The van der Waals surface area contributed by atoms with E-state index in [0.717, 1.165) is 24.2 Å². The van der Waals surface area contributed by atoms with Gasteiger partial charge in [-0.15, -0.1) is 0 Å². The van der Waals surface area contributed by atoms with E-state index in [2.05, 4.69) is 5.32 Å². The average Bonchev–Trinajstić information content (AvgIpc) is 2.38. The Kier molecular flexibility index (Phi) is 5.95. The summed E-state index contributed by atoms with van der Waals surface area (Å²) in [5.41, 5.74) is 1.59. The molecule has 1 aromatic rings. The Morgan fingerprint density at radius 2 is 2.22 bits per heavy atom. The first-order valence-corrected chi connectivity index (χ1v) is 6.35. The number of likely N-dealkylation sites (N-methyl/N-ethyl adjacent to an activating group) is 1. The van der Waals surface area contributed by atoms with Crippen molar-refractivity contribution in [1.82, 2.24) is 5.32 Å². The van der Waals surface area contributed by atoms with Gasteiger partial charge < -0.3 is 15.3 Å². The van der Waals surface area contributed by atoms with Crippen LogP contribution in [0.2, 0.25) is 5.02 Å². The van der Waals surface area contributed by atoms with Gasteiger partial charge in [0, 0.05) is 29.9 Å². The van der Waals surface area contributed by atoms with Crippen molar-refractivity contribution in [3.63, 3.8) is 0 Å². The number of rotatable bonds is 6. The molecule has 2 N–H and O–H groups in total. The molecule has 0 aromatic heterocycles. The third-order valence-electron chi connectivity index (χ3n) is 2.67. The second kappa shape index (κ2) is 7.24. The Labute approximate surface area is 113 Å². The van der Waals surface area contributed by atoms with Gasteiger partial charge in [0.2, 0.25) is 5.91 Å². The van der Waals surface area contributed by atoms with Crippen molar-refractivity contribution in [2.24, 2.45) is 0 Å². The van der Waals surface area contributed by atoms with Crippen molar-refractivity contribution in [1.29, 1.82) is 0 Å². The quantitative estimate of drug-likeness (QED) is 0.829. The van der Waals surface area contributed by atoms with E-state index in [1.807, 2.05) is 11.8 Å². The Hall–Kier alpha value is -1.26. The number of carbonyl (C=O) groups is 1. The number of nitrogens with zero attached hydrogens (tertiary/aromatic N) is 1. The van der Waals surface area contributed by atoms with Crippen LogP contribution in [0, 0.1) is 0 Å². The molecule has 1 rings (SSSR count). The van der Waals surface area contributed by atoms with Gasteiger partial charge in [0.05, 0.1) is 13.2 Å². The lowest BCUT2D eigenvalue weighted by molar-refractivity contribution is -0.119. The van der Waals surface area contributed by atoms with Crippen molar-refractivity contribution in [2.75, 3.05) is 25.0 Å². The fourth-order valence-electron chi connectivity index (χ4n) is 1.77. The summed E-state index contributed by atoms with van der Waals surface area (Å²) in [6.07, 6.45) is 0.911. The topological polar surface area (TPSA) is 52.6 Å². The highest BCUT2D eigenvalue weighted by atomic mass is 35.5. The van der Waals surface area contributed by atoms with Crippen LogP contribution < -0.4 is 10.2 Å². The first kappa shape index (κ1) is 14.8. The Morgan fingerprint density at radius 1 is 1.50 bits per heavy atom. The highest BCUT2D eigenvalue weighted by Crippen LogP contribution is 2.25. The predicted molar refractivity (Wildman–Crippen MR) is 73.9 cm³/mol. The predicted octanol–water partition coefficient (Wildman–Crippen LogP) is 1.79. The minimum atomic E-state index is -0.0690. The molecule has 5 heteroatoms. The van der Waals surface area contributed by atoms with Crippen molar-refractivity contribution >= 4 is 23.2 Å². The van der Waals surface area contributed by atoms with Gasteiger partial charge in [-0.1, -0.05) is 24.6 Å². The molecule has 1 amide bonds. The number of aliphatic hydroxyl groups is 1. The molecule has 0 aliphatic carbocycles. The van der Waals surface area contributed by atoms with E-state index < -0.39 is 0 Å². The first-order valence-electron chi connectivity index (χ1n) is 5.97. The smallest absolute Gasteiger partial charge is 0.239 e. The molecule has 0 spiro atoms. The summed E-state index contributed by atoms with van der Waals surface area (Å²) in [7, 11) is 1.61. The summed E-state index contributed by atoms with van der Waals surface area (Å²) in [6.45, 7) is 2.97. The number of nitrogens with one attached hydrogen (secondary N) is 1. The van der Waals surface area contributed by atoms with Gasteiger partial charge in [-0.25, -0.2) is 0 Å². The van der Waals surface area contributed by atoms with E-state index in [1.165, 1.54) is 0 Å². The third-order valence-corrected chi connectivity index (χ3v) is 2.90. The minimum Gasteiger partial charge on any atom is -0.392 e. The molecule has 0 fully saturated rings. The van der Waals surface area contributed by atoms with E-state index in [9.17, 15) is 9.90 Å². The molecule has 0 bridgehead atoms. The summed E-state index contributed by atoms with van der Waals surface area (Å²) in [6, 6.07) is 5.30. The van der Waals surface area contributed by atoms with Gasteiger partial charge in [0.1, 0.15) is 0 Å². The molecule has 1 aromatic carbocycles. The standard InChI is InChI=1S/C13H19ClN2O2/c1-3-6-16(8-13(18)15-2)12-7-11(14)5-4-10(12)9-17/h4-5,7,17H,3,6,8-9H2,1-2H3,(H,15,18). The molecule has 4 nitrogen and oxygen atoms in total. The van der Waals surface area contributed by atoms with Gasteiger partial charge in [-0.3, -0.25) is 4.79 Å². The maximum absolute atomic E-state index is 11.5. The molecule has 0 atom stereocenters. The van der Waals surface area contributed by atoms with Gasteiger partial charge >= 0.3 is 0 Å². The van der Waals surface area contributed by atoms with Crippen LogP contribution in [-0.4, -0.2) is 31.2 Å². The summed E-state index contributed by atoms with van der Waals surface area (Å²) >= 11 is 5.98. The Morgan fingerprint density at radius 3 is 2.78 bits per heavy atom. The molecular formula is C13H19ClN2O2. The zero-order valence-corrected chi connectivity index (χ0v) is 11.5. The minimum absolute atomic E-state index is 0.0627. The van der Waals surface area contributed by atoms with E-state index in [4.69, 9.17) is 11.6 Å². The average molecular weight is 271 g/mol. The lowest BCUT2D eigenvalue weighted by atomic mass is 10.1. The fraction of sp³-hybridized carbons (Fsp3) is 0.462. The highest BCUT2D eigenvalue weighted by molar-refractivity contribution is 6.30. The number of anilines is 1. The van der Waals surface area contributed by atoms with Gasteiger partial charge in [-0.05, 0) is 18.6 Å². The monoisotopic (exact) mass is 270 g/mol. The molecule has 0 saturated heterocycles. The summed E-state index contributed by atoms with van der Waals surface area (Å²) < 4.78 is 0. The molecule has 18 heavy (non-hydrogen) atoms. The van der Waals surface area contributed by atoms with Crippen LogP contribution in [0.5, 0.6) is 0 Å². The van der Waals surface area contributed by atoms with E-state index in [-0.39, 0.29) is 19.1 Å². The van der Waals surface area contributed by atoms with Crippen LogP contribution in [0.1, 0.15) is 18.9 Å². The molecule has 0 saturated carbocycles. The first-order chi connectivity index (χ1) is 8.62. The normalized spacial score (nSPS) is 10.2. The van der Waals surface area contributed by atoms with Gasteiger partial charge in [0.25, 0.3) is 0 Å². The molecule has 100 valence electrons. The fourth-order valence-corrected chi connectivity index (χ4v) is 1.94. The van der Waals surface area contributed by atoms with Gasteiger partial charge in [0.15, 0.2) is 0 Å². The molecule has 0 heterocycles. The second-order valence-corrected chi connectivity index (χ2v) is 4.46. The zero-order valence-electron chi connectivity index (χ0n) is 10.7. The maximum atomic E-state index is 11.5. The van der Waals surface area contributed by atoms with Crippen LogP contribution in [0.3, 0.4) is 0 Å². The largest absolute Gasteiger partial charge is 0.392 e. The van der Waals surface area contributed by atoms with Crippen molar-refractivity contribution in [3.8, 4) is 0 Å². The summed E-state index contributed by atoms with van der Waals surface area (Å²) in [4.78, 5) is 13.4. The van der Waals surface area contributed by atoms with Crippen LogP contribution in [0.25, 0.3) is 0 Å². The lowest BCUT2D eigenvalue weighted by Gasteiger charge is -2.25. The molecule has 0 radical (unpaired) electrons. The van der Waals surface area contributed by atoms with Gasteiger partial charge in [-0.2, -0.15) is 0 Å². The van der Waals surface area contributed by atoms with Crippen LogP contribution in [0.15, 0.2) is 18.2 Å². The van der Waals surface area contributed by atoms with E-state index in [1.54, 1.807) is 25.2 Å². The number of aliphatic hydroxyl groups excluding tert-OH is 1. The number of amides is 1.